The van der Waals surface area contributed by atoms with E-state index >= 15 is 0 Å². The van der Waals surface area contributed by atoms with Crippen molar-refractivity contribution in [3.05, 3.63) is 64.3 Å². The molecule has 2 aliphatic heterocycles. The van der Waals surface area contributed by atoms with E-state index in [0.29, 0.717) is 60.5 Å². The second-order valence-corrected chi connectivity index (χ2v) is 7.59. The van der Waals surface area contributed by atoms with Crippen molar-refractivity contribution in [3.63, 3.8) is 0 Å². The molecule has 2 aliphatic rings. The normalized spacial score (nSPS) is 17.2. The Balaban J connectivity index is 1.80. The number of aryl methyl sites for hydroxylation is 1. The van der Waals surface area contributed by atoms with E-state index in [2.05, 4.69) is 0 Å². The van der Waals surface area contributed by atoms with E-state index in [4.69, 9.17) is 21.1 Å². The zero-order valence-electron chi connectivity index (χ0n) is 17.0. The summed E-state index contributed by atoms with van der Waals surface area (Å²) in [6.45, 7) is 6.46. The number of carbonyl (C=O) groups excluding carboxylic acids is 2. The summed E-state index contributed by atoms with van der Waals surface area (Å²) in [7, 11) is 0. The molecule has 0 radical (unpaired) electrons. The molecule has 0 saturated carbocycles. The van der Waals surface area contributed by atoms with Gasteiger partial charge < -0.3 is 14.4 Å². The van der Waals surface area contributed by atoms with Gasteiger partial charge in [-0.05, 0) is 55.3 Å². The molecule has 2 aromatic carbocycles. The average molecular weight is 427 g/mol. The maximum atomic E-state index is 13.5. The minimum Gasteiger partial charge on any atom is -0.494 e. The van der Waals surface area contributed by atoms with E-state index in [9.17, 15) is 9.59 Å². The maximum Gasteiger partial charge on any atom is 0.282 e. The fourth-order valence-electron chi connectivity index (χ4n) is 3.83. The van der Waals surface area contributed by atoms with Crippen molar-refractivity contribution in [2.75, 3.05) is 37.8 Å². The van der Waals surface area contributed by atoms with Crippen LogP contribution in [0, 0.1) is 6.92 Å². The lowest BCUT2D eigenvalue weighted by Gasteiger charge is -2.29. The first-order valence-corrected chi connectivity index (χ1v) is 10.3. The first-order valence-electron chi connectivity index (χ1n) is 9.96. The molecule has 1 fully saturated rings. The number of nitrogens with zero attached hydrogens (tertiary/aromatic N) is 2. The number of amides is 2. The van der Waals surface area contributed by atoms with Gasteiger partial charge in [-0.3, -0.25) is 9.59 Å². The third-order valence-electron chi connectivity index (χ3n) is 5.24. The van der Waals surface area contributed by atoms with Gasteiger partial charge in [0, 0.05) is 18.1 Å². The highest BCUT2D eigenvalue weighted by Crippen LogP contribution is 2.37. The maximum absolute atomic E-state index is 13.5. The Bertz CT molecular complexity index is 1010. The summed E-state index contributed by atoms with van der Waals surface area (Å²) < 4.78 is 11.0. The molecule has 0 spiro atoms. The third kappa shape index (κ3) is 3.68. The number of halogens is 1. The van der Waals surface area contributed by atoms with Crippen LogP contribution in [-0.4, -0.2) is 49.6 Å². The topological polar surface area (TPSA) is 59.1 Å². The Morgan fingerprint density at radius 1 is 1.03 bits per heavy atom. The van der Waals surface area contributed by atoms with Crippen molar-refractivity contribution in [2.45, 2.75) is 13.8 Å². The Hall–Kier alpha value is -2.83. The van der Waals surface area contributed by atoms with Crippen molar-refractivity contribution < 1.29 is 19.1 Å². The van der Waals surface area contributed by atoms with Crippen LogP contribution in [-0.2, 0) is 14.3 Å². The van der Waals surface area contributed by atoms with Crippen molar-refractivity contribution in [3.8, 4) is 5.75 Å². The lowest BCUT2D eigenvalue weighted by molar-refractivity contribution is -0.121. The predicted molar refractivity (Wildman–Crippen MR) is 116 cm³/mol. The molecule has 0 aromatic heterocycles. The van der Waals surface area contributed by atoms with Crippen LogP contribution in [0.3, 0.4) is 0 Å². The number of benzene rings is 2. The zero-order chi connectivity index (χ0) is 21.3. The van der Waals surface area contributed by atoms with Crippen LogP contribution < -0.4 is 9.64 Å². The molecule has 0 N–H and O–H groups in total. The van der Waals surface area contributed by atoms with Crippen LogP contribution in [0.15, 0.2) is 48.2 Å². The van der Waals surface area contributed by atoms with E-state index in [1.807, 2.05) is 43.0 Å². The summed E-state index contributed by atoms with van der Waals surface area (Å²) in [6, 6.07) is 12.4. The van der Waals surface area contributed by atoms with Crippen LogP contribution in [0.5, 0.6) is 5.75 Å². The van der Waals surface area contributed by atoms with E-state index in [0.717, 1.165) is 11.3 Å². The summed E-state index contributed by atoms with van der Waals surface area (Å²) in [6.07, 6.45) is 0. The monoisotopic (exact) mass is 426 g/mol. The summed E-state index contributed by atoms with van der Waals surface area (Å²) in [5.74, 6) is 0.0595. The molecule has 0 bridgehead atoms. The van der Waals surface area contributed by atoms with Crippen LogP contribution in [0.25, 0.3) is 5.57 Å². The standard InChI is InChI=1S/C23H23ClN2O4/c1-3-30-18-7-4-16(5-8-18)20-21(25-10-12-29-13-11-25)23(28)26(22(20)27)19-9-6-17(24)14-15(19)2/h4-9,14H,3,10-13H2,1-2H3. The van der Waals surface area contributed by atoms with Gasteiger partial charge in [-0.15, -0.1) is 0 Å². The SMILES string of the molecule is CCOc1ccc(C2=C(N3CCOCC3)C(=O)N(c3ccc(Cl)cc3C)C2=O)cc1. The van der Waals surface area contributed by atoms with E-state index in [1.165, 1.54) is 4.90 Å². The zero-order valence-corrected chi connectivity index (χ0v) is 17.7. The summed E-state index contributed by atoms with van der Waals surface area (Å²) >= 11 is 6.08. The number of morpholine rings is 1. The molecule has 4 rings (SSSR count). The van der Waals surface area contributed by atoms with Gasteiger partial charge in [0.15, 0.2) is 0 Å². The van der Waals surface area contributed by atoms with Gasteiger partial charge in [0.2, 0.25) is 0 Å². The minimum atomic E-state index is -0.337. The Morgan fingerprint density at radius 3 is 2.37 bits per heavy atom. The van der Waals surface area contributed by atoms with Gasteiger partial charge in [-0.1, -0.05) is 23.7 Å². The van der Waals surface area contributed by atoms with Gasteiger partial charge in [0.25, 0.3) is 11.8 Å². The molecule has 156 valence electrons. The lowest BCUT2D eigenvalue weighted by Crippen LogP contribution is -2.40. The Morgan fingerprint density at radius 2 is 1.73 bits per heavy atom. The quantitative estimate of drug-likeness (QED) is 0.683. The highest BCUT2D eigenvalue weighted by atomic mass is 35.5. The summed E-state index contributed by atoms with van der Waals surface area (Å²) in [4.78, 5) is 30.3. The van der Waals surface area contributed by atoms with Gasteiger partial charge in [0.1, 0.15) is 11.4 Å². The highest BCUT2D eigenvalue weighted by molar-refractivity contribution is 6.45. The summed E-state index contributed by atoms with van der Waals surface area (Å²) in [5, 5.41) is 0.559. The number of hydrogen-bond donors (Lipinski definition) is 0. The summed E-state index contributed by atoms with van der Waals surface area (Å²) in [5.41, 5.74) is 2.81. The van der Waals surface area contributed by atoms with Gasteiger partial charge in [0.05, 0.1) is 31.1 Å². The molecule has 6 nitrogen and oxygen atoms in total. The number of ether oxygens (including phenoxy) is 2. The van der Waals surface area contributed by atoms with Gasteiger partial charge in [-0.25, -0.2) is 4.90 Å². The lowest BCUT2D eigenvalue weighted by atomic mass is 10.0. The number of anilines is 1. The van der Waals surface area contributed by atoms with Crippen molar-refractivity contribution in [1.29, 1.82) is 0 Å². The third-order valence-corrected chi connectivity index (χ3v) is 5.48. The molecule has 7 heteroatoms. The van der Waals surface area contributed by atoms with E-state index < -0.39 is 0 Å². The number of carbonyl (C=O) groups is 2. The molecule has 2 amide bonds. The van der Waals surface area contributed by atoms with Crippen molar-refractivity contribution in [1.82, 2.24) is 4.90 Å². The Kier molecular flexibility index (Phi) is 5.79. The number of hydrogen-bond acceptors (Lipinski definition) is 5. The fraction of sp³-hybridized carbons (Fsp3) is 0.304. The molecule has 2 aromatic rings. The predicted octanol–water partition coefficient (Wildman–Crippen LogP) is 3.66. The first-order chi connectivity index (χ1) is 14.5. The minimum absolute atomic E-state index is 0.323. The molecule has 0 unspecified atom stereocenters. The smallest absolute Gasteiger partial charge is 0.282 e. The molecule has 0 atom stereocenters. The van der Waals surface area contributed by atoms with Gasteiger partial charge in [-0.2, -0.15) is 0 Å². The van der Waals surface area contributed by atoms with Crippen LogP contribution in [0.1, 0.15) is 18.1 Å². The molecule has 0 aliphatic carbocycles. The van der Waals surface area contributed by atoms with Crippen LogP contribution in [0.4, 0.5) is 5.69 Å². The number of rotatable bonds is 5. The molecule has 30 heavy (non-hydrogen) atoms. The molecule has 2 heterocycles. The van der Waals surface area contributed by atoms with Crippen molar-refractivity contribution in [2.24, 2.45) is 0 Å². The average Bonchev–Trinajstić information content (AvgIpc) is 3.00. The first kappa shape index (κ1) is 20.4. The number of imide groups is 1. The Labute approximate surface area is 180 Å². The van der Waals surface area contributed by atoms with Crippen molar-refractivity contribution >= 4 is 34.7 Å². The van der Waals surface area contributed by atoms with E-state index in [1.54, 1.807) is 18.2 Å². The largest absolute Gasteiger partial charge is 0.494 e. The fourth-order valence-corrected chi connectivity index (χ4v) is 4.06. The van der Waals surface area contributed by atoms with Crippen LogP contribution >= 0.6 is 11.6 Å². The molecular weight excluding hydrogens is 404 g/mol. The second kappa shape index (κ2) is 8.50. The highest BCUT2D eigenvalue weighted by Gasteiger charge is 2.43. The second-order valence-electron chi connectivity index (χ2n) is 7.16. The molecular formula is C23H23ClN2O4. The van der Waals surface area contributed by atoms with E-state index in [-0.39, 0.29) is 11.8 Å². The molecule has 1 saturated heterocycles. The van der Waals surface area contributed by atoms with Gasteiger partial charge >= 0.3 is 0 Å². The van der Waals surface area contributed by atoms with Crippen LogP contribution in [0.2, 0.25) is 5.02 Å².